The maximum absolute atomic E-state index is 12.6. The van der Waals surface area contributed by atoms with E-state index in [2.05, 4.69) is 15.1 Å². The molecule has 25 heavy (non-hydrogen) atoms. The van der Waals surface area contributed by atoms with E-state index in [1.54, 1.807) is 6.20 Å². The van der Waals surface area contributed by atoms with Gasteiger partial charge in [-0.15, -0.1) is 5.10 Å². The molecule has 1 aromatic carbocycles. The predicted octanol–water partition coefficient (Wildman–Crippen LogP) is 2.23. The Morgan fingerprint density at radius 3 is 2.56 bits per heavy atom. The summed E-state index contributed by atoms with van der Waals surface area (Å²) in [6.45, 7) is 5.55. The molecule has 3 rings (SSSR count). The Kier molecular flexibility index (Phi) is 5.82. The Morgan fingerprint density at radius 1 is 1.12 bits per heavy atom. The fourth-order valence-electron chi connectivity index (χ4n) is 2.92. The highest BCUT2D eigenvalue weighted by Crippen LogP contribution is 2.16. The Bertz CT molecular complexity index is 658. The van der Waals surface area contributed by atoms with Crippen molar-refractivity contribution in [2.75, 3.05) is 37.7 Å². The molecular weight excluding hydrogens is 316 g/mol. The molecule has 0 aliphatic carbocycles. The largest absolute Gasteiger partial charge is 0.494 e. The number of nitrogens with zero attached hydrogens (tertiary/aromatic N) is 4. The highest BCUT2D eigenvalue weighted by molar-refractivity contribution is 5.78. The lowest BCUT2D eigenvalue weighted by atomic mass is 10.1. The Labute approximate surface area is 148 Å². The second-order valence-electron chi connectivity index (χ2n) is 6.25. The lowest BCUT2D eigenvalue weighted by Crippen LogP contribution is -2.50. The van der Waals surface area contributed by atoms with Crippen molar-refractivity contribution in [1.82, 2.24) is 15.1 Å². The molecule has 132 valence electrons. The minimum Gasteiger partial charge on any atom is -0.494 e. The van der Waals surface area contributed by atoms with E-state index in [1.807, 2.05) is 54.3 Å². The van der Waals surface area contributed by atoms with Crippen molar-refractivity contribution in [1.29, 1.82) is 0 Å². The van der Waals surface area contributed by atoms with Crippen LogP contribution >= 0.6 is 0 Å². The predicted molar refractivity (Wildman–Crippen MR) is 96.5 cm³/mol. The monoisotopic (exact) mass is 340 g/mol. The average molecular weight is 340 g/mol. The third-order valence-corrected chi connectivity index (χ3v) is 4.46. The molecule has 1 aliphatic heterocycles. The molecule has 1 atom stereocenters. The smallest absolute Gasteiger partial charge is 0.225 e. The first kappa shape index (κ1) is 17.2. The standard InChI is InChI=1S/C19H24N4O2/c1-16(9-15-25-17-6-3-2-4-7-17)19(24)23-13-11-22(12-14-23)18-8-5-10-20-21-18/h2-8,10,16H,9,11-15H2,1H3. The minimum atomic E-state index is -0.0354. The van der Waals surface area contributed by atoms with Crippen molar-refractivity contribution in [3.05, 3.63) is 48.7 Å². The lowest BCUT2D eigenvalue weighted by molar-refractivity contribution is -0.135. The van der Waals surface area contributed by atoms with Crippen molar-refractivity contribution in [3.8, 4) is 5.75 Å². The number of aromatic nitrogens is 2. The van der Waals surface area contributed by atoms with Gasteiger partial charge in [0.05, 0.1) is 6.61 Å². The van der Waals surface area contributed by atoms with Crippen LogP contribution in [0.1, 0.15) is 13.3 Å². The van der Waals surface area contributed by atoms with Crippen LogP contribution < -0.4 is 9.64 Å². The number of anilines is 1. The molecule has 6 nitrogen and oxygen atoms in total. The molecule has 1 unspecified atom stereocenters. The normalized spacial score (nSPS) is 15.7. The van der Waals surface area contributed by atoms with Gasteiger partial charge in [0.25, 0.3) is 0 Å². The van der Waals surface area contributed by atoms with Gasteiger partial charge < -0.3 is 14.5 Å². The third-order valence-electron chi connectivity index (χ3n) is 4.46. The molecule has 0 spiro atoms. The fraction of sp³-hybridized carbons (Fsp3) is 0.421. The van der Waals surface area contributed by atoms with Crippen molar-refractivity contribution < 1.29 is 9.53 Å². The summed E-state index contributed by atoms with van der Waals surface area (Å²) in [5.74, 6) is 1.89. The molecule has 1 aromatic heterocycles. The number of rotatable bonds is 6. The van der Waals surface area contributed by atoms with E-state index in [9.17, 15) is 4.79 Å². The molecule has 0 N–H and O–H groups in total. The van der Waals surface area contributed by atoms with Crippen molar-refractivity contribution in [2.45, 2.75) is 13.3 Å². The molecule has 0 bridgehead atoms. The van der Waals surface area contributed by atoms with Crippen LogP contribution in [0.25, 0.3) is 0 Å². The quantitative estimate of drug-likeness (QED) is 0.807. The third kappa shape index (κ3) is 4.68. The van der Waals surface area contributed by atoms with E-state index in [-0.39, 0.29) is 11.8 Å². The summed E-state index contributed by atoms with van der Waals surface area (Å²) in [4.78, 5) is 16.7. The van der Waals surface area contributed by atoms with Gasteiger partial charge in [0, 0.05) is 38.3 Å². The van der Waals surface area contributed by atoms with Gasteiger partial charge in [-0.2, -0.15) is 5.10 Å². The molecule has 1 fully saturated rings. The zero-order valence-electron chi connectivity index (χ0n) is 14.5. The number of carbonyl (C=O) groups excluding carboxylic acids is 1. The van der Waals surface area contributed by atoms with Gasteiger partial charge in [-0.3, -0.25) is 4.79 Å². The molecule has 1 aliphatic rings. The summed E-state index contributed by atoms with van der Waals surface area (Å²) in [5, 5.41) is 8.05. The summed E-state index contributed by atoms with van der Waals surface area (Å²) in [7, 11) is 0. The number of carbonyl (C=O) groups is 1. The van der Waals surface area contributed by atoms with E-state index in [0.29, 0.717) is 6.61 Å². The molecule has 6 heteroatoms. The summed E-state index contributed by atoms with van der Waals surface area (Å²) in [6, 6.07) is 13.5. The van der Waals surface area contributed by atoms with Crippen molar-refractivity contribution in [2.24, 2.45) is 5.92 Å². The lowest BCUT2D eigenvalue weighted by Gasteiger charge is -2.36. The molecule has 1 amide bonds. The Balaban J connectivity index is 1.42. The van der Waals surface area contributed by atoms with Crippen LogP contribution in [0.4, 0.5) is 5.82 Å². The van der Waals surface area contributed by atoms with Gasteiger partial charge in [0.1, 0.15) is 5.75 Å². The van der Waals surface area contributed by atoms with E-state index < -0.39 is 0 Å². The second kappa shape index (κ2) is 8.46. The highest BCUT2D eigenvalue weighted by atomic mass is 16.5. The van der Waals surface area contributed by atoms with Crippen LogP contribution in [0, 0.1) is 5.92 Å². The summed E-state index contributed by atoms with van der Waals surface area (Å²) >= 11 is 0. The zero-order chi connectivity index (χ0) is 17.5. The average Bonchev–Trinajstić information content (AvgIpc) is 2.69. The topological polar surface area (TPSA) is 58.6 Å². The first-order valence-electron chi connectivity index (χ1n) is 8.73. The number of benzene rings is 1. The maximum Gasteiger partial charge on any atom is 0.225 e. The summed E-state index contributed by atoms with van der Waals surface area (Å²) in [6.07, 6.45) is 2.39. The molecule has 2 heterocycles. The van der Waals surface area contributed by atoms with Gasteiger partial charge in [-0.05, 0) is 30.7 Å². The Morgan fingerprint density at radius 2 is 1.88 bits per heavy atom. The minimum absolute atomic E-state index is 0.0354. The number of para-hydroxylation sites is 1. The van der Waals surface area contributed by atoms with E-state index in [4.69, 9.17) is 4.74 Å². The second-order valence-corrected chi connectivity index (χ2v) is 6.25. The van der Waals surface area contributed by atoms with E-state index >= 15 is 0 Å². The van der Waals surface area contributed by atoms with E-state index in [1.165, 1.54) is 0 Å². The van der Waals surface area contributed by atoms with E-state index in [0.717, 1.165) is 44.2 Å². The zero-order valence-corrected chi connectivity index (χ0v) is 14.5. The molecule has 0 saturated carbocycles. The van der Waals surface area contributed by atoms with Crippen LogP contribution in [-0.4, -0.2) is 53.8 Å². The molecular formula is C19H24N4O2. The van der Waals surface area contributed by atoms with Gasteiger partial charge in [-0.25, -0.2) is 0 Å². The van der Waals surface area contributed by atoms with Crippen LogP contribution in [-0.2, 0) is 4.79 Å². The molecule has 0 radical (unpaired) electrons. The van der Waals surface area contributed by atoms with Crippen LogP contribution in [0.3, 0.4) is 0 Å². The highest BCUT2D eigenvalue weighted by Gasteiger charge is 2.25. The van der Waals surface area contributed by atoms with Crippen LogP contribution in [0.2, 0.25) is 0 Å². The SMILES string of the molecule is CC(CCOc1ccccc1)C(=O)N1CCN(c2cccnn2)CC1. The van der Waals surface area contributed by atoms with Crippen molar-refractivity contribution in [3.63, 3.8) is 0 Å². The summed E-state index contributed by atoms with van der Waals surface area (Å²) in [5.41, 5.74) is 0. The first-order chi connectivity index (χ1) is 12.2. The molecule has 2 aromatic rings. The van der Waals surface area contributed by atoms with Crippen LogP contribution in [0.15, 0.2) is 48.7 Å². The van der Waals surface area contributed by atoms with Gasteiger partial charge in [0.15, 0.2) is 5.82 Å². The van der Waals surface area contributed by atoms with Crippen LogP contribution in [0.5, 0.6) is 5.75 Å². The number of hydrogen-bond acceptors (Lipinski definition) is 5. The molecule has 1 saturated heterocycles. The van der Waals surface area contributed by atoms with Gasteiger partial charge in [0.2, 0.25) is 5.91 Å². The number of amides is 1. The van der Waals surface area contributed by atoms with Gasteiger partial charge in [-0.1, -0.05) is 25.1 Å². The van der Waals surface area contributed by atoms with Gasteiger partial charge >= 0.3 is 0 Å². The number of piperazine rings is 1. The summed E-state index contributed by atoms with van der Waals surface area (Å²) < 4.78 is 5.69. The number of ether oxygens (including phenoxy) is 1. The fourth-order valence-corrected chi connectivity index (χ4v) is 2.92. The maximum atomic E-state index is 12.6. The first-order valence-corrected chi connectivity index (χ1v) is 8.73. The Hall–Kier alpha value is -2.63. The number of hydrogen-bond donors (Lipinski definition) is 0. The van der Waals surface area contributed by atoms with Crippen molar-refractivity contribution >= 4 is 11.7 Å².